The highest BCUT2D eigenvalue weighted by molar-refractivity contribution is 6.32. The molecule has 6 aliphatic heterocycles. The molecular formula is C89H121Cl5F6N19O11+3. The van der Waals surface area contributed by atoms with E-state index in [0.717, 1.165) is 57.9 Å². The Balaban J connectivity index is 0.000000215. The largest absolute Gasteiger partial charge is 0.381 e. The first-order valence-electron chi connectivity index (χ1n) is 43.3. The van der Waals surface area contributed by atoms with E-state index in [2.05, 4.69) is 83.9 Å². The molecule has 0 saturated carbocycles. The number of piperidine rings is 4. The average Bonchev–Trinajstić information content (AvgIpc) is 0.841. The maximum Gasteiger partial charge on any atom is 0.317 e. The molecule has 41 heteroatoms. The van der Waals surface area contributed by atoms with E-state index in [1.165, 1.54) is 78.9 Å². The summed E-state index contributed by atoms with van der Waals surface area (Å²) in [6.45, 7) is 17.1. The van der Waals surface area contributed by atoms with E-state index in [-0.39, 0.29) is 126 Å². The number of aliphatic imine (C=N–C) groups is 1. The van der Waals surface area contributed by atoms with Crippen LogP contribution in [0.2, 0.25) is 25.1 Å². The maximum absolute atomic E-state index is 13.5. The second kappa shape index (κ2) is 55.4. The number of ether oxygens (including phenoxy) is 2. The predicted octanol–water partition coefficient (Wildman–Crippen LogP) is 11.5. The first-order chi connectivity index (χ1) is 62.0. The van der Waals surface area contributed by atoms with Crippen LogP contribution in [-0.2, 0) is 38.2 Å². The number of amides is 12. The van der Waals surface area contributed by atoms with Gasteiger partial charge in [0.15, 0.2) is 5.96 Å². The van der Waals surface area contributed by atoms with Crippen LogP contribution in [0.1, 0.15) is 105 Å². The third kappa shape index (κ3) is 37.0. The number of halogens is 11. The van der Waals surface area contributed by atoms with Gasteiger partial charge in [0.1, 0.15) is 53.0 Å². The van der Waals surface area contributed by atoms with Gasteiger partial charge < -0.3 is 106 Å². The Morgan fingerprint density at radius 2 is 0.731 bits per heavy atom. The maximum atomic E-state index is 13.5. The lowest BCUT2D eigenvalue weighted by Crippen LogP contribution is -2.70. The number of carbonyl (C=O) groups excluding carboxylic acids is 9. The van der Waals surface area contributed by atoms with E-state index >= 15 is 0 Å². The van der Waals surface area contributed by atoms with Gasteiger partial charge in [0, 0.05) is 126 Å². The molecule has 0 bridgehead atoms. The number of anilines is 6. The molecule has 6 aliphatic rings. The lowest BCUT2D eigenvalue weighted by molar-refractivity contribution is -0.427. The Bertz CT molecular complexity index is 4680. The van der Waals surface area contributed by atoms with E-state index in [4.69, 9.17) is 78.9 Å². The van der Waals surface area contributed by atoms with Crippen LogP contribution >= 0.6 is 58.0 Å². The van der Waals surface area contributed by atoms with E-state index in [0.29, 0.717) is 177 Å². The number of hydrogen-bond acceptors (Lipinski definition) is 13. The van der Waals surface area contributed by atoms with E-state index in [1.54, 1.807) is 51.1 Å². The van der Waals surface area contributed by atoms with Crippen molar-refractivity contribution in [3.63, 3.8) is 0 Å². The van der Waals surface area contributed by atoms with Crippen molar-refractivity contribution in [2.45, 2.75) is 123 Å². The fourth-order valence-corrected chi connectivity index (χ4v) is 14.9. The number of quaternary nitrogens is 3. The first kappa shape index (κ1) is 107. The molecule has 6 saturated heterocycles. The third-order valence-corrected chi connectivity index (χ3v) is 22.7. The smallest absolute Gasteiger partial charge is 0.317 e. The molecule has 130 heavy (non-hydrogen) atoms. The van der Waals surface area contributed by atoms with Crippen LogP contribution in [0.3, 0.4) is 0 Å². The van der Waals surface area contributed by atoms with E-state index in [9.17, 15) is 69.5 Å². The summed E-state index contributed by atoms with van der Waals surface area (Å²) in [5.74, 6) is -5.07. The number of rotatable bonds is 21. The molecule has 12 amide bonds. The van der Waals surface area contributed by atoms with Gasteiger partial charge in [-0.3, -0.25) is 33.8 Å². The molecule has 712 valence electrons. The van der Waals surface area contributed by atoms with Gasteiger partial charge >= 0.3 is 18.1 Å². The van der Waals surface area contributed by atoms with Crippen molar-refractivity contribution in [1.82, 2.24) is 35.6 Å². The molecule has 0 aliphatic carbocycles. The van der Waals surface area contributed by atoms with E-state index in [1.807, 2.05) is 18.7 Å². The Kier molecular flexibility index (Phi) is 45.6. The van der Waals surface area contributed by atoms with Crippen LogP contribution in [0.5, 0.6) is 0 Å². The topological polar surface area (TPSA) is 441 Å². The Morgan fingerprint density at radius 3 is 1.03 bits per heavy atom. The molecule has 6 heterocycles. The van der Waals surface area contributed by atoms with Gasteiger partial charge in [-0.05, 0) is 179 Å². The van der Waals surface area contributed by atoms with Gasteiger partial charge in [-0.2, -0.15) is 0 Å². The number of nitrogens with zero attached hydrogens (tertiary/aromatic N) is 5. The van der Waals surface area contributed by atoms with Crippen LogP contribution in [0.4, 0.5) is 74.9 Å². The summed E-state index contributed by atoms with van der Waals surface area (Å²) >= 11 is 28.0. The Morgan fingerprint density at radius 1 is 0.423 bits per heavy atom. The molecule has 9 unspecified atom stereocenters. The molecule has 0 radical (unpaired) electrons. The monoisotopic (exact) mass is 1920 g/mol. The van der Waals surface area contributed by atoms with Crippen LogP contribution < -0.4 is 76.5 Å². The molecule has 6 aromatic carbocycles. The molecule has 0 spiro atoms. The van der Waals surface area contributed by atoms with Gasteiger partial charge in [-0.25, -0.2) is 40.7 Å². The summed E-state index contributed by atoms with van der Waals surface area (Å²) in [4.78, 5) is 121. The van der Waals surface area contributed by atoms with Gasteiger partial charge in [0.25, 0.3) is 0 Å². The summed E-state index contributed by atoms with van der Waals surface area (Å²) in [6, 6.07) is 26.0. The zero-order chi connectivity index (χ0) is 95.1. The number of benzene rings is 6. The number of guanidine groups is 1. The predicted molar refractivity (Wildman–Crippen MR) is 491 cm³/mol. The lowest BCUT2D eigenvalue weighted by atomic mass is 9.94. The second-order valence-corrected chi connectivity index (χ2v) is 34.8. The highest BCUT2D eigenvalue weighted by Gasteiger charge is 2.38. The normalized spacial score (nSPS) is 20.1. The fraction of sp³-hybridized carbons (Fsp3) is 0.483. The number of likely N-dealkylation sites (tertiary alicyclic amines) is 4. The minimum absolute atomic E-state index is 0.000569. The number of nitrogens with one attached hydrogen (secondary N) is 9. The highest BCUT2D eigenvalue weighted by Crippen LogP contribution is 2.29. The first-order valence-corrected chi connectivity index (χ1v) is 45.2. The zero-order valence-corrected chi connectivity index (χ0v) is 77.2. The quantitative estimate of drug-likeness (QED) is 0.0138. The van der Waals surface area contributed by atoms with Crippen molar-refractivity contribution in [2.24, 2.45) is 57.9 Å². The molecule has 12 rings (SSSR count). The third-order valence-electron chi connectivity index (χ3n) is 21.1. The molecule has 9 atom stereocenters. The van der Waals surface area contributed by atoms with Crippen molar-refractivity contribution in [2.75, 3.05) is 143 Å². The molecule has 6 aromatic rings. The van der Waals surface area contributed by atoms with Crippen LogP contribution in [-0.4, -0.2) is 209 Å². The number of urea groups is 3. The molecule has 30 nitrogen and oxygen atoms in total. The van der Waals surface area contributed by atoms with Gasteiger partial charge in [0.2, 0.25) is 35.4 Å². The Hall–Kier alpha value is -9.99. The van der Waals surface area contributed by atoms with Crippen LogP contribution in [0.25, 0.3) is 0 Å². The van der Waals surface area contributed by atoms with Crippen LogP contribution in [0.15, 0.2) is 120 Å². The van der Waals surface area contributed by atoms with Crippen molar-refractivity contribution < 1.29 is 96.2 Å². The Labute approximate surface area is 778 Å². The summed E-state index contributed by atoms with van der Waals surface area (Å²) in [5, 5.41) is 24.7. The molecular weight excluding hydrogens is 1800 g/mol. The van der Waals surface area contributed by atoms with Gasteiger partial charge in [-0.1, -0.05) is 91.8 Å². The highest BCUT2D eigenvalue weighted by atomic mass is 35.5. The SMILES string of the molecule is CC(C)CN=C(N)N1CCCC(C(=O)Nc2ccc(Cl)c(F)c2)C1.CCCNC(=O)N1CC([NH3+])CC(C(=O)Nc2ccc(Cl)c(F)c2)C1.CCCNC(=O)N1CC([NH3+])CC(C(=O)Nc2cccc(F)c2)C1.NCCCNC(=O)N1CC([NH3+])CC(C(=O)Nc2ccc(Cl)c(F)c2)C1.O=C(Nc1ccc(Cl)c(F)c1)C1CCCOC1.O=C(Nc1ccc(Cl)c(F)c1)C1CCCOC1. The summed E-state index contributed by atoms with van der Waals surface area (Å²) in [7, 11) is 0. The zero-order valence-electron chi connectivity index (χ0n) is 73.4. The van der Waals surface area contributed by atoms with Crippen molar-refractivity contribution in [3.05, 3.63) is 175 Å². The van der Waals surface area contributed by atoms with Crippen molar-refractivity contribution in [1.29, 1.82) is 0 Å². The standard InChI is InChI=1S/C17H24ClFN4O.C16H23ClFN5O2.C16H22ClFN4O2.C16H23FN4O2.2C12H13ClFNO2/c1-11(2)9-21-17(20)23-7-3-4-12(10-23)16(24)22-13-5-6-14(18)15(19)8-13;17-13-3-2-12(7-14(13)18)22-15(24)10-6-11(20)9-23(8-10)16(25)21-5-1-4-19;1-2-5-20-16(24)22-8-10(6-11(19)9-22)15(23)21-12-3-4-13(17)14(18)7-12;1-2-6-19-16(23)21-9-11(7-13(18)10-21)15(22)20-14-5-3-4-12(17)8-14;2*13-10-4-3-9(6-11(10)14)15-12(16)8-2-1-5-17-7-8/h5-6,8,11-12H,3-4,7,9-10H2,1-2H3,(H2,20,21)(H,22,24);2-3,7,10-11H,1,4-6,8-9,19-20H2,(H,21,25)(H,22,24);3-4,7,10-11H,2,5-6,8-9,19H2,1H3,(H,20,24)(H,21,23);3-5,8,11,13H,2,6-7,9-10,18H2,1H3,(H,19,23)(H,20,22);2*3-4,6,8H,1-2,5,7H2,(H,15,16)/p+3. The molecule has 6 fully saturated rings. The minimum atomic E-state index is -0.598. The average molecular weight is 1920 g/mol. The summed E-state index contributed by atoms with van der Waals surface area (Å²) in [5.41, 5.74) is 25.8. The van der Waals surface area contributed by atoms with E-state index < -0.39 is 40.8 Å². The number of carbonyl (C=O) groups is 9. The molecule has 22 N–H and O–H groups in total. The summed E-state index contributed by atoms with van der Waals surface area (Å²) in [6.07, 6.45) is 9.17. The lowest BCUT2D eigenvalue weighted by Gasteiger charge is -2.34. The number of hydrogen-bond donors (Lipinski definition) is 14. The summed E-state index contributed by atoms with van der Waals surface area (Å²) < 4.78 is 90.4. The second-order valence-electron chi connectivity index (χ2n) is 32.7. The van der Waals surface area contributed by atoms with Gasteiger partial charge in [-0.15, -0.1) is 0 Å². The minimum Gasteiger partial charge on any atom is -0.381 e. The fourth-order valence-electron chi connectivity index (χ4n) is 14.3. The van der Waals surface area contributed by atoms with Crippen molar-refractivity contribution >= 4 is 152 Å². The molecule has 0 aromatic heterocycles. The van der Waals surface area contributed by atoms with Crippen molar-refractivity contribution in [3.8, 4) is 0 Å². The van der Waals surface area contributed by atoms with Gasteiger partial charge in [0.05, 0.1) is 93.5 Å². The number of nitrogens with two attached hydrogens (primary N) is 2. The van der Waals surface area contributed by atoms with Crippen LogP contribution in [0, 0.1) is 76.3 Å².